The van der Waals surface area contributed by atoms with Crippen LogP contribution < -0.4 is 10.3 Å². The minimum Gasteiger partial charge on any atom is -0.456 e. The summed E-state index contributed by atoms with van der Waals surface area (Å²) in [4.78, 5) is 22.5. The van der Waals surface area contributed by atoms with E-state index in [4.69, 9.17) is 27.9 Å². The number of halogens is 3. The first-order valence-corrected chi connectivity index (χ1v) is 9.37. The molecule has 6 nitrogen and oxygen atoms in total. The Labute approximate surface area is 177 Å². The van der Waals surface area contributed by atoms with E-state index in [0.717, 1.165) is 3.57 Å². The average Bonchev–Trinajstić information content (AvgIpc) is 2.60. The van der Waals surface area contributed by atoms with Gasteiger partial charge >= 0.3 is 0 Å². The van der Waals surface area contributed by atoms with Gasteiger partial charge in [0.25, 0.3) is 11.2 Å². The summed E-state index contributed by atoms with van der Waals surface area (Å²) in [5, 5.41) is 12.0. The Balaban J connectivity index is 2.19. The third-order valence-corrected chi connectivity index (χ3v) is 5.15. The van der Waals surface area contributed by atoms with Crippen molar-refractivity contribution in [2.24, 2.45) is 7.05 Å². The molecular weight excluding hydrogens is 506 g/mol. The van der Waals surface area contributed by atoms with Crippen LogP contribution >= 0.6 is 45.8 Å². The highest BCUT2D eigenvalue weighted by atomic mass is 127. The normalized spacial score (nSPS) is 10.7. The SMILES string of the molecule is Cn1cc(-c2cc([N+](=O)[O-])ccc2Oc2ccc(Cl)cc2I)c(Cl)cc1=O. The second kappa shape index (κ2) is 7.87. The lowest BCUT2D eigenvalue weighted by molar-refractivity contribution is -0.384. The van der Waals surface area contributed by atoms with Crippen LogP contribution in [0.2, 0.25) is 10.0 Å². The van der Waals surface area contributed by atoms with Gasteiger partial charge in [-0.25, -0.2) is 0 Å². The maximum Gasteiger partial charge on any atom is 0.270 e. The number of hydrogen-bond donors (Lipinski definition) is 0. The number of rotatable bonds is 4. The van der Waals surface area contributed by atoms with Crippen LogP contribution in [0.4, 0.5) is 5.69 Å². The van der Waals surface area contributed by atoms with Crippen molar-refractivity contribution >= 4 is 51.5 Å². The number of aromatic nitrogens is 1. The summed E-state index contributed by atoms with van der Waals surface area (Å²) in [7, 11) is 1.57. The number of hydrogen-bond acceptors (Lipinski definition) is 4. The highest BCUT2D eigenvalue weighted by Gasteiger charge is 2.18. The summed E-state index contributed by atoms with van der Waals surface area (Å²) in [6.45, 7) is 0. The molecule has 0 aliphatic rings. The number of benzene rings is 2. The van der Waals surface area contributed by atoms with Crippen molar-refractivity contribution in [3.8, 4) is 22.6 Å². The Hall–Kier alpha value is -2.10. The van der Waals surface area contributed by atoms with E-state index < -0.39 is 4.92 Å². The van der Waals surface area contributed by atoms with Crippen molar-refractivity contribution in [3.63, 3.8) is 0 Å². The van der Waals surface area contributed by atoms with E-state index in [-0.39, 0.29) is 16.3 Å². The van der Waals surface area contributed by atoms with Gasteiger partial charge in [0.1, 0.15) is 11.5 Å². The predicted molar refractivity (Wildman–Crippen MR) is 113 cm³/mol. The second-order valence-corrected chi connectivity index (χ2v) is 7.60. The topological polar surface area (TPSA) is 74.4 Å². The molecule has 0 unspecified atom stereocenters. The van der Waals surface area contributed by atoms with E-state index in [9.17, 15) is 14.9 Å². The maximum atomic E-state index is 11.8. The van der Waals surface area contributed by atoms with Crippen molar-refractivity contribution in [3.05, 3.63) is 82.7 Å². The number of ether oxygens (including phenoxy) is 1. The summed E-state index contributed by atoms with van der Waals surface area (Å²) in [5.74, 6) is 0.900. The van der Waals surface area contributed by atoms with Crippen molar-refractivity contribution in [2.45, 2.75) is 0 Å². The van der Waals surface area contributed by atoms with E-state index in [1.807, 2.05) is 0 Å². The fraction of sp³-hybridized carbons (Fsp3) is 0.0556. The number of non-ortho nitro benzene ring substituents is 1. The first-order valence-electron chi connectivity index (χ1n) is 7.54. The van der Waals surface area contributed by atoms with Gasteiger partial charge in [-0.05, 0) is 46.9 Å². The number of pyridine rings is 1. The van der Waals surface area contributed by atoms with Gasteiger partial charge < -0.3 is 9.30 Å². The van der Waals surface area contributed by atoms with Crippen LogP contribution in [0, 0.1) is 13.7 Å². The minimum absolute atomic E-state index is 0.118. The maximum absolute atomic E-state index is 11.8. The molecule has 3 aromatic rings. The number of aryl methyl sites for hydroxylation is 1. The van der Waals surface area contributed by atoms with Gasteiger partial charge in [-0.2, -0.15) is 0 Å². The number of nitrogens with zero attached hydrogens (tertiary/aromatic N) is 2. The number of nitro benzene ring substituents is 1. The monoisotopic (exact) mass is 516 g/mol. The zero-order valence-corrected chi connectivity index (χ0v) is 17.4. The summed E-state index contributed by atoms with van der Waals surface area (Å²) < 4.78 is 8.09. The molecule has 0 spiro atoms. The lowest BCUT2D eigenvalue weighted by Crippen LogP contribution is -2.14. The molecule has 0 aliphatic carbocycles. The fourth-order valence-corrected chi connectivity index (χ4v) is 3.64. The second-order valence-electron chi connectivity index (χ2n) is 5.60. The third-order valence-electron chi connectivity index (χ3n) is 3.76. The summed E-state index contributed by atoms with van der Waals surface area (Å²) in [6.07, 6.45) is 1.52. The molecule has 0 atom stereocenters. The number of nitro groups is 1. The van der Waals surface area contributed by atoms with Crippen LogP contribution in [0.3, 0.4) is 0 Å². The van der Waals surface area contributed by atoms with Crippen LogP contribution in [0.25, 0.3) is 11.1 Å². The quantitative estimate of drug-likeness (QED) is 0.254. The first kappa shape index (κ1) is 19.7. The van der Waals surface area contributed by atoms with E-state index >= 15 is 0 Å². The molecular formula is C18H11Cl2IN2O4. The van der Waals surface area contributed by atoms with Gasteiger partial charge in [-0.1, -0.05) is 23.2 Å². The van der Waals surface area contributed by atoms with Crippen LogP contribution in [0.5, 0.6) is 11.5 Å². The molecule has 27 heavy (non-hydrogen) atoms. The van der Waals surface area contributed by atoms with Gasteiger partial charge in [0.05, 0.1) is 13.5 Å². The molecule has 0 radical (unpaired) electrons. The molecule has 0 aliphatic heterocycles. The summed E-state index contributed by atoms with van der Waals surface area (Å²) in [5.41, 5.74) is 0.439. The average molecular weight is 517 g/mol. The highest BCUT2D eigenvalue weighted by molar-refractivity contribution is 14.1. The third kappa shape index (κ3) is 4.26. The first-order chi connectivity index (χ1) is 12.8. The molecule has 0 amide bonds. The highest BCUT2D eigenvalue weighted by Crippen LogP contribution is 2.40. The molecule has 0 bridgehead atoms. The lowest BCUT2D eigenvalue weighted by atomic mass is 10.1. The molecule has 1 heterocycles. The van der Waals surface area contributed by atoms with Crippen molar-refractivity contribution in [1.29, 1.82) is 0 Å². The van der Waals surface area contributed by atoms with E-state index in [2.05, 4.69) is 22.6 Å². The van der Waals surface area contributed by atoms with Gasteiger partial charge in [-0.15, -0.1) is 0 Å². The Morgan fingerprint density at radius 3 is 2.44 bits per heavy atom. The molecule has 0 N–H and O–H groups in total. The summed E-state index contributed by atoms with van der Waals surface area (Å²) in [6, 6.07) is 10.6. The van der Waals surface area contributed by atoms with E-state index in [1.165, 1.54) is 35.0 Å². The zero-order chi connectivity index (χ0) is 19.7. The predicted octanol–water partition coefficient (Wildman–Crippen LogP) is 5.66. The zero-order valence-electron chi connectivity index (χ0n) is 13.8. The smallest absolute Gasteiger partial charge is 0.270 e. The molecule has 9 heteroatoms. The minimum atomic E-state index is -0.505. The van der Waals surface area contributed by atoms with Crippen LogP contribution in [-0.2, 0) is 7.05 Å². The van der Waals surface area contributed by atoms with Crippen LogP contribution in [0.15, 0.2) is 53.5 Å². The van der Waals surface area contributed by atoms with Crippen LogP contribution in [-0.4, -0.2) is 9.49 Å². The molecule has 0 fully saturated rings. The molecule has 3 rings (SSSR count). The lowest BCUT2D eigenvalue weighted by Gasteiger charge is -2.14. The molecule has 0 saturated heterocycles. The van der Waals surface area contributed by atoms with Crippen molar-refractivity contribution < 1.29 is 9.66 Å². The van der Waals surface area contributed by atoms with Gasteiger partial charge in [-0.3, -0.25) is 14.9 Å². The van der Waals surface area contributed by atoms with E-state index in [0.29, 0.717) is 27.6 Å². The van der Waals surface area contributed by atoms with E-state index in [1.54, 1.807) is 25.2 Å². The Bertz CT molecular complexity index is 1120. The van der Waals surface area contributed by atoms with Gasteiger partial charge in [0.2, 0.25) is 0 Å². The molecule has 138 valence electrons. The standard InChI is InChI=1S/C18H11Cl2IN2O4/c1-22-9-13(14(20)8-18(22)24)12-7-11(23(25)26)3-5-16(12)27-17-4-2-10(19)6-15(17)21/h2-9H,1H3. The largest absolute Gasteiger partial charge is 0.456 e. The Morgan fingerprint density at radius 1 is 1.07 bits per heavy atom. The van der Waals surface area contributed by atoms with Crippen LogP contribution in [0.1, 0.15) is 0 Å². The van der Waals surface area contributed by atoms with Gasteiger partial charge in [0.15, 0.2) is 0 Å². The Morgan fingerprint density at radius 2 is 1.78 bits per heavy atom. The molecule has 0 saturated carbocycles. The van der Waals surface area contributed by atoms with Gasteiger partial charge in [0, 0.05) is 47.6 Å². The molecule has 1 aromatic heterocycles. The van der Waals surface area contributed by atoms with Crippen molar-refractivity contribution in [1.82, 2.24) is 4.57 Å². The Kier molecular flexibility index (Phi) is 5.73. The molecule has 2 aromatic carbocycles. The van der Waals surface area contributed by atoms with Crippen molar-refractivity contribution in [2.75, 3.05) is 0 Å². The fourth-order valence-electron chi connectivity index (χ4n) is 2.41. The summed E-state index contributed by atoms with van der Waals surface area (Å²) >= 11 is 14.3.